The fraction of sp³-hybridized carbons (Fsp3) is 0.0526. The molecule has 9 aromatic carbocycles. The van der Waals surface area contributed by atoms with Crippen LogP contribution in [0.25, 0.3) is 75.8 Å². The van der Waals surface area contributed by atoms with Crippen LogP contribution in [0.1, 0.15) is 25.0 Å². The van der Waals surface area contributed by atoms with Crippen LogP contribution in [0.4, 0.5) is 17.1 Å². The van der Waals surface area contributed by atoms with E-state index < -0.39 is 0 Å². The summed E-state index contributed by atoms with van der Waals surface area (Å²) in [5, 5.41) is 2.67. The molecule has 11 rings (SSSR count). The summed E-state index contributed by atoms with van der Waals surface area (Å²) in [4.78, 5) is 2.46. The van der Waals surface area contributed by atoms with Crippen molar-refractivity contribution in [2.45, 2.75) is 19.3 Å². The van der Waals surface area contributed by atoms with Crippen LogP contribution in [0.15, 0.2) is 212 Å². The van der Waals surface area contributed by atoms with Gasteiger partial charge in [-0.3, -0.25) is 0 Å². The molecule has 280 valence electrons. The Hall–Kier alpha value is -7.00. The van der Waals surface area contributed by atoms with Crippen molar-refractivity contribution in [2.75, 3.05) is 4.90 Å². The zero-order valence-corrected chi connectivity index (χ0v) is 33.9. The number of hydrogen-bond acceptors (Lipinski definition) is 2. The molecule has 1 aliphatic rings. The van der Waals surface area contributed by atoms with Crippen molar-refractivity contribution in [1.29, 1.82) is 0 Å². The number of hydrogen-bond donors (Lipinski definition) is 0. The Morgan fingerprint density at radius 1 is 0.373 bits per heavy atom. The van der Waals surface area contributed by atoms with Gasteiger partial charge < -0.3 is 4.90 Å². The van der Waals surface area contributed by atoms with E-state index in [1.807, 2.05) is 11.3 Å². The maximum atomic E-state index is 2.50. The van der Waals surface area contributed by atoms with Crippen LogP contribution in [0.5, 0.6) is 0 Å². The number of nitrogens with zero attached hydrogens (tertiary/aromatic N) is 1. The van der Waals surface area contributed by atoms with Gasteiger partial charge in [0.25, 0.3) is 0 Å². The lowest BCUT2D eigenvalue weighted by molar-refractivity contribution is 0.661. The quantitative estimate of drug-likeness (QED) is 0.156. The van der Waals surface area contributed by atoms with Gasteiger partial charge in [-0.25, -0.2) is 0 Å². The molecule has 0 bridgehead atoms. The molecule has 1 nitrogen and oxygen atoms in total. The van der Waals surface area contributed by atoms with Crippen molar-refractivity contribution in [3.8, 4) is 55.6 Å². The van der Waals surface area contributed by atoms with E-state index in [1.165, 1.54) is 86.9 Å². The molecule has 0 atom stereocenters. The maximum Gasteiger partial charge on any atom is 0.0540 e. The summed E-state index contributed by atoms with van der Waals surface area (Å²) in [6, 6.07) is 77.9. The fourth-order valence-electron chi connectivity index (χ4n) is 9.37. The predicted molar refractivity (Wildman–Crippen MR) is 253 cm³/mol. The molecule has 0 aliphatic heterocycles. The van der Waals surface area contributed by atoms with Crippen LogP contribution in [-0.4, -0.2) is 0 Å². The fourth-order valence-corrected chi connectivity index (χ4v) is 10.5. The van der Waals surface area contributed by atoms with Crippen molar-refractivity contribution in [1.82, 2.24) is 0 Å². The summed E-state index contributed by atoms with van der Waals surface area (Å²) < 4.78 is 2.67. The molecule has 0 fully saturated rings. The number of rotatable bonds is 7. The Bertz CT molecular complexity index is 3140. The minimum atomic E-state index is -0.183. The lowest BCUT2D eigenvalue weighted by atomic mass is 9.81. The molecular formula is C57H41NS. The van der Waals surface area contributed by atoms with Gasteiger partial charge in [0.2, 0.25) is 0 Å². The Labute approximate surface area is 350 Å². The third-order valence-corrected chi connectivity index (χ3v) is 13.4. The van der Waals surface area contributed by atoms with Gasteiger partial charge >= 0.3 is 0 Å². The summed E-state index contributed by atoms with van der Waals surface area (Å²) in [6.45, 7) is 4.81. The normalized spacial score (nSPS) is 12.7. The highest BCUT2D eigenvalue weighted by atomic mass is 32.1. The van der Waals surface area contributed by atoms with Crippen LogP contribution in [-0.2, 0) is 5.41 Å². The lowest BCUT2D eigenvalue weighted by Gasteiger charge is -2.29. The summed E-state index contributed by atoms with van der Waals surface area (Å²) in [5.74, 6) is 0. The van der Waals surface area contributed by atoms with Crippen molar-refractivity contribution >= 4 is 48.6 Å². The molecule has 0 spiro atoms. The van der Waals surface area contributed by atoms with Gasteiger partial charge in [-0.1, -0.05) is 184 Å². The number of anilines is 3. The van der Waals surface area contributed by atoms with Gasteiger partial charge in [0, 0.05) is 42.5 Å². The second kappa shape index (κ2) is 14.1. The third-order valence-electron chi connectivity index (χ3n) is 12.3. The topological polar surface area (TPSA) is 3.24 Å². The van der Waals surface area contributed by atoms with Crippen molar-refractivity contribution < 1.29 is 0 Å². The van der Waals surface area contributed by atoms with E-state index in [0.717, 1.165) is 17.1 Å². The van der Waals surface area contributed by atoms with Gasteiger partial charge in [-0.15, -0.1) is 11.3 Å². The molecular weight excluding hydrogens is 731 g/mol. The second-order valence-corrected chi connectivity index (χ2v) is 17.2. The molecule has 0 N–H and O–H groups in total. The van der Waals surface area contributed by atoms with Crippen LogP contribution in [0, 0.1) is 0 Å². The average molecular weight is 772 g/mol. The minimum absolute atomic E-state index is 0.183. The van der Waals surface area contributed by atoms with E-state index in [4.69, 9.17) is 0 Å². The molecule has 2 heteroatoms. The first-order valence-corrected chi connectivity index (χ1v) is 21.2. The van der Waals surface area contributed by atoms with E-state index in [1.54, 1.807) is 0 Å². The summed E-state index contributed by atoms with van der Waals surface area (Å²) in [5.41, 5.74) is 18.4. The Balaban J connectivity index is 1.13. The average Bonchev–Trinajstić information content (AvgIpc) is 3.78. The highest BCUT2D eigenvalue weighted by Gasteiger charge is 2.39. The first-order chi connectivity index (χ1) is 29.0. The Kier molecular flexibility index (Phi) is 8.43. The number of para-hydroxylation sites is 1. The molecule has 1 heterocycles. The summed E-state index contributed by atoms with van der Waals surface area (Å²) in [6.07, 6.45) is 0. The summed E-state index contributed by atoms with van der Waals surface area (Å²) in [7, 11) is 0. The Morgan fingerprint density at radius 2 is 0.898 bits per heavy atom. The molecule has 0 radical (unpaired) electrons. The van der Waals surface area contributed by atoms with Crippen LogP contribution >= 0.6 is 11.3 Å². The zero-order chi connectivity index (χ0) is 39.5. The van der Waals surface area contributed by atoms with Crippen LogP contribution in [0.3, 0.4) is 0 Å². The molecule has 1 aliphatic carbocycles. The number of fused-ring (bicyclic) bond motifs is 6. The molecule has 0 amide bonds. The van der Waals surface area contributed by atoms with E-state index in [9.17, 15) is 0 Å². The highest BCUT2D eigenvalue weighted by molar-refractivity contribution is 7.26. The summed E-state index contributed by atoms with van der Waals surface area (Å²) >= 11 is 1.91. The third kappa shape index (κ3) is 5.91. The first kappa shape index (κ1) is 35.2. The number of thiophene rings is 1. The van der Waals surface area contributed by atoms with Crippen molar-refractivity contribution in [3.05, 3.63) is 223 Å². The molecule has 0 saturated carbocycles. The minimum Gasteiger partial charge on any atom is -0.310 e. The van der Waals surface area contributed by atoms with Crippen molar-refractivity contribution in [3.63, 3.8) is 0 Å². The van der Waals surface area contributed by atoms with E-state index in [-0.39, 0.29) is 5.41 Å². The smallest absolute Gasteiger partial charge is 0.0540 e. The Morgan fingerprint density at radius 3 is 1.58 bits per heavy atom. The van der Waals surface area contributed by atoms with E-state index >= 15 is 0 Å². The largest absolute Gasteiger partial charge is 0.310 e. The van der Waals surface area contributed by atoms with Crippen molar-refractivity contribution in [2.24, 2.45) is 0 Å². The van der Waals surface area contributed by atoms with E-state index in [0.29, 0.717) is 0 Å². The van der Waals surface area contributed by atoms with Gasteiger partial charge in [-0.2, -0.15) is 0 Å². The monoisotopic (exact) mass is 771 g/mol. The van der Waals surface area contributed by atoms with Gasteiger partial charge in [0.1, 0.15) is 0 Å². The maximum absolute atomic E-state index is 2.50. The molecule has 59 heavy (non-hydrogen) atoms. The van der Waals surface area contributed by atoms with E-state index in [2.05, 4.69) is 231 Å². The molecule has 0 unspecified atom stereocenters. The van der Waals surface area contributed by atoms with Gasteiger partial charge in [0.05, 0.1) is 5.69 Å². The lowest BCUT2D eigenvalue weighted by Crippen LogP contribution is -2.15. The predicted octanol–water partition coefficient (Wildman–Crippen LogP) is 16.5. The molecule has 0 saturated heterocycles. The van der Waals surface area contributed by atoms with Gasteiger partial charge in [0.15, 0.2) is 0 Å². The van der Waals surface area contributed by atoms with Crippen LogP contribution < -0.4 is 4.90 Å². The SMILES string of the molecule is CC1(C)c2ccc(N(c3ccc(-c4ccccc4)cc3)c3ccccc3-c3ccc(-c4ccccc4)cc3)cc2-c2c1cc1sc3ccccc3c1c2-c1ccccc1. The molecule has 1 aromatic heterocycles. The molecule has 10 aromatic rings. The number of benzene rings is 9. The highest BCUT2D eigenvalue weighted by Crippen LogP contribution is 2.57. The standard InChI is InChI=1S/C57H41NS/c1-57(2)49-35-34-45(36-48(49)55-50(57)37-53-56(47-23-13-15-25-52(47)59-53)54(55)43-20-10-5-11-21-43)58(44-32-30-41(31-33-44)39-18-8-4-9-19-39)51-24-14-12-22-46(51)42-28-26-40(27-29-42)38-16-6-3-7-17-38/h3-37H,1-2H3. The van der Waals surface area contributed by atoms with Gasteiger partial charge in [-0.05, 0) is 104 Å². The first-order valence-electron chi connectivity index (χ1n) is 20.4. The van der Waals surface area contributed by atoms with Crippen LogP contribution in [0.2, 0.25) is 0 Å². The zero-order valence-electron chi connectivity index (χ0n) is 33.1. The second-order valence-electron chi connectivity index (χ2n) is 16.1.